The van der Waals surface area contributed by atoms with Crippen LogP contribution in [0.5, 0.6) is 0 Å². The molecule has 0 heterocycles. The molecule has 0 saturated carbocycles. The monoisotopic (exact) mass is 266 g/mol. The summed E-state index contributed by atoms with van der Waals surface area (Å²) in [5.74, 6) is 0. The fourth-order valence-electron chi connectivity index (χ4n) is 1.45. The first kappa shape index (κ1) is 17.1. The first-order valence-corrected chi connectivity index (χ1v) is 8.23. The first-order valence-electron chi connectivity index (χ1n) is 6.74. The van der Waals surface area contributed by atoms with E-state index >= 15 is 0 Å². The number of phosphoric ester groups is 1. The molecule has 5 heteroatoms. The van der Waals surface area contributed by atoms with Crippen LogP contribution in [0.4, 0.5) is 0 Å². The lowest BCUT2D eigenvalue weighted by molar-refractivity contribution is 0.145. The lowest BCUT2D eigenvalue weighted by Gasteiger charge is -2.11. The highest BCUT2D eigenvalue weighted by Crippen LogP contribution is 2.43. The van der Waals surface area contributed by atoms with Crippen molar-refractivity contribution in [3.63, 3.8) is 0 Å². The molecule has 0 aromatic heterocycles. The Morgan fingerprint density at radius 3 is 1.76 bits per heavy atom. The van der Waals surface area contributed by atoms with Gasteiger partial charge < -0.3 is 4.89 Å². The van der Waals surface area contributed by atoms with Gasteiger partial charge in [-0.25, -0.2) is 4.57 Å². The van der Waals surface area contributed by atoms with Crippen LogP contribution in [0.15, 0.2) is 0 Å². The van der Waals surface area contributed by atoms with Crippen LogP contribution in [0.3, 0.4) is 0 Å². The largest absolute Gasteiger partial charge is 0.472 e. The average molecular weight is 266 g/mol. The normalized spacial score (nSPS) is 14.8. The standard InChI is InChI=1S/C12H27O4P/c1-3-5-7-8-10-12-16-17(13,14)15-11-9-6-4-2/h3-12H2,1-2H3,(H,13,14). The molecule has 0 aliphatic heterocycles. The summed E-state index contributed by atoms with van der Waals surface area (Å²) in [6, 6.07) is 0. The minimum atomic E-state index is -3.79. The van der Waals surface area contributed by atoms with Crippen molar-refractivity contribution in [2.45, 2.75) is 65.2 Å². The zero-order valence-electron chi connectivity index (χ0n) is 11.2. The predicted molar refractivity (Wildman–Crippen MR) is 70.0 cm³/mol. The second kappa shape index (κ2) is 11.2. The quantitative estimate of drug-likeness (QED) is 0.423. The van der Waals surface area contributed by atoms with Gasteiger partial charge >= 0.3 is 7.82 Å². The molecule has 4 nitrogen and oxygen atoms in total. The van der Waals surface area contributed by atoms with Crippen molar-refractivity contribution in [3.8, 4) is 0 Å². The summed E-state index contributed by atoms with van der Waals surface area (Å²) < 4.78 is 21.1. The van der Waals surface area contributed by atoms with Gasteiger partial charge in [-0.2, -0.15) is 0 Å². The number of hydrogen-bond donors (Lipinski definition) is 1. The van der Waals surface area contributed by atoms with E-state index in [1.807, 2.05) is 0 Å². The average Bonchev–Trinajstić information content (AvgIpc) is 2.29. The lowest BCUT2D eigenvalue weighted by Crippen LogP contribution is -1.98. The van der Waals surface area contributed by atoms with Gasteiger partial charge in [0.2, 0.25) is 0 Å². The van der Waals surface area contributed by atoms with Crippen LogP contribution in [0.25, 0.3) is 0 Å². The number of unbranched alkanes of at least 4 members (excludes halogenated alkanes) is 6. The van der Waals surface area contributed by atoms with E-state index in [9.17, 15) is 9.46 Å². The van der Waals surface area contributed by atoms with Gasteiger partial charge in [0.15, 0.2) is 0 Å². The third-order valence-electron chi connectivity index (χ3n) is 2.50. The zero-order valence-corrected chi connectivity index (χ0v) is 12.1. The van der Waals surface area contributed by atoms with Crippen molar-refractivity contribution in [2.75, 3.05) is 13.2 Å². The highest BCUT2D eigenvalue weighted by atomic mass is 31.2. The van der Waals surface area contributed by atoms with Crippen LogP contribution >= 0.6 is 7.82 Å². The molecular weight excluding hydrogens is 239 g/mol. The van der Waals surface area contributed by atoms with Gasteiger partial charge in [-0.1, -0.05) is 52.4 Å². The molecule has 0 fully saturated rings. The molecule has 17 heavy (non-hydrogen) atoms. The van der Waals surface area contributed by atoms with E-state index < -0.39 is 7.82 Å². The summed E-state index contributed by atoms with van der Waals surface area (Å²) >= 11 is 0. The summed E-state index contributed by atoms with van der Waals surface area (Å²) in [6.45, 7) is 4.84. The van der Waals surface area contributed by atoms with Crippen LogP contribution < -0.4 is 0 Å². The Morgan fingerprint density at radius 1 is 0.824 bits per heavy atom. The van der Waals surface area contributed by atoms with Crippen LogP contribution in [0.1, 0.15) is 65.2 Å². The number of hydrogen-bond acceptors (Lipinski definition) is 3. The molecule has 0 aliphatic carbocycles. The molecule has 0 aromatic carbocycles. The van der Waals surface area contributed by atoms with E-state index in [0.717, 1.165) is 38.5 Å². The van der Waals surface area contributed by atoms with Crippen molar-refractivity contribution in [1.82, 2.24) is 0 Å². The van der Waals surface area contributed by atoms with Crippen molar-refractivity contribution in [2.24, 2.45) is 0 Å². The Hall–Kier alpha value is 0.110. The van der Waals surface area contributed by atoms with Crippen molar-refractivity contribution < 1.29 is 18.5 Å². The van der Waals surface area contributed by atoms with Crippen molar-refractivity contribution >= 4 is 7.82 Å². The van der Waals surface area contributed by atoms with Gasteiger partial charge in [-0.15, -0.1) is 0 Å². The molecule has 104 valence electrons. The fourth-order valence-corrected chi connectivity index (χ4v) is 2.25. The Kier molecular flexibility index (Phi) is 11.3. The van der Waals surface area contributed by atoms with Crippen LogP contribution in [0, 0.1) is 0 Å². The minimum Gasteiger partial charge on any atom is -0.302 e. The molecule has 0 aromatic rings. The van der Waals surface area contributed by atoms with E-state index in [0.29, 0.717) is 13.2 Å². The highest BCUT2D eigenvalue weighted by molar-refractivity contribution is 7.47. The summed E-state index contributed by atoms with van der Waals surface area (Å²) in [7, 11) is -3.79. The summed E-state index contributed by atoms with van der Waals surface area (Å²) in [6.07, 6.45) is 8.32. The molecule has 1 unspecified atom stereocenters. The number of rotatable bonds is 12. The SMILES string of the molecule is CCCCCCCOP(=O)(O)OCCCCC. The molecule has 1 N–H and O–H groups in total. The molecule has 1 atom stereocenters. The summed E-state index contributed by atoms with van der Waals surface area (Å²) in [5.41, 5.74) is 0. The maximum atomic E-state index is 11.4. The van der Waals surface area contributed by atoms with Gasteiger partial charge in [0, 0.05) is 0 Å². The van der Waals surface area contributed by atoms with E-state index in [-0.39, 0.29) is 0 Å². The third-order valence-corrected chi connectivity index (χ3v) is 3.52. The van der Waals surface area contributed by atoms with Gasteiger partial charge in [-0.05, 0) is 12.8 Å². The molecule has 0 radical (unpaired) electrons. The Labute approximate surface area is 105 Å². The van der Waals surface area contributed by atoms with Gasteiger partial charge in [-0.3, -0.25) is 9.05 Å². The second-order valence-electron chi connectivity index (χ2n) is 4.26. The molecule has 0 saturated heterocycles. The van der Waals surface area contributed by atoms with E-state index in [1.54, 1.807) is 0 Å². The first-order chi connectivity index (χ1) is 8.12. The molecule has 0 amide bonds. The summed E-state index contributed by atoms with van der Waals surface area (Å²) in [5, 5.41) is 0. The van der Waals surface area contributed by atoms with Gasteiger partial charge in [0.25, 0.3) is 0 Å². The predicted octanol–water partition coefficient (Wildman–Crippen LogP) is 4.28. The summed E-state index contributed by atoms with van der Waals surface area (Å²) in [4.78, 5) is 9.33. The third kappa shape index (κ3) is 12.4. The zero-order chi connectivity index (χ0) is 13.0. The second-order valence-corrected chi connectivity index (χ2v) is 5.71. The molecular formula is C12H27O4P. The maximum Gasteiger partial charge on any atom is 0.472 e. The Bertz CT molecular complexity index is 209. The Morgan fingerprint density at radius 2 is 1.24 bits per heavy atom. The van der Waals surface area contributed by atoms with Gasteiger partial charge in [0.05, 0.1) is 13.2 Å². The maximum absolute atomic E-state index is 11.4. The van der Waals surface area contributed by atoms with E-state index in [1.165, 1.54) is 12.8 Å². The Balaban J connectivity index is 3.40. The fraction of sp³-hybridized carbons (Fsp3) is 1.00. The van der Waals surface area contributed by atoms with Crippen molar-refractivity contribution in [3.05, 3.63) is 0 Å². The van der Waals surface area contributed by atoms with Crippen LogP contribution in [-0.2, 0) is 13.6 Å². The van der Waals surface area contributed by atoms with Gasteiger partial charge in [0.1, 0.15) is 0 Å². The highest BCUT2D eigenvalue weighted by Gasteiger charge is 2.19. The molecule has 0 rings (SSSR count). The van der Waals surface area contributed by atoms with Crippen molar-refractivity contribution in [1.29, 1.82) is 0 Å². The van der Waals surface area contributed by atoms with Crippen LogP contribution in [0.2, 0.25) is 0 Å². The topological polar surface area (TPSA) is 55.8 Å². The smallest absolute Gasteiger partial charge is 0.302 e. The molecule has 0 aliphatic rings. The van der Waals surface area contributed by atoms with E-state index in [2.05, 4.69) is 13.8 Å². The minimum absolute atomic E-state index is 0.303. The van der Waals surface area contributed by atoms with E-state index in [4.69, 9.17) is 9.05 Å². The van der Waals surface area contributed by atoms with Crippen LogP contribution in [-0.4, -0.2) is 18.1 Å². The molecule has 0 spiro atoms. The lowest BCUT2D eigenvalue weighted by atomic mass is 10.2. The number of phosphoric acid groups is 1. The molecule has 0 bridgehead atoms.